The normalized spacial score (nSPS) is 10.3. The van der Waals surface area contributed by atoms with Gasteiger partial charge in [0.2, 0.25) is 0 Å². The van der Waals surface area contributed by atoms with Crippen molar-refractivity contribution in [2.24, 2.45) is 0 Å². The highest BCUT2D eigenvalue weighted by atomic mass is 79.9. The molecule has 0 spiro atoms. The predicted octanol–water partition coefficient (Wildman–Crippen LogP) is 2.28. The Morgan fingerprint density at radius 3 is 2.55 bits per heavy atom. The largest absolute Gasteiger partial charge is 0.497 e. The fourth-order valence-corrected chi connectivity index (χ4v) is 2.21. The van der Waals surface area contributed by atoms with Gasteiger partial charge in [0.1, 0.15) is 18.1 Å². The van der Waals surface area contributed by atoms with Gasteiger partial charge in [-0.2, -0.15) is 0 Å². The molecule has 2 N–H and O–H groups in total. The minimum absolute atomic E-state index is 0.127. The minimum atomic E-state index is -0.127. The average Bonchev–Trinajstić information content (AvgIpc) is 2.44. The van der Waals surface area contributed by atoms with Gasteiger partial charge in [0.15, 0.2) is 0 Å². The Labute approximate surface area is 125 Å². The quantitative estimate of drug-likeness (QED) is 0.908. The summed E-state index contributed by atoms with van der Waals surface area (Å²) in [7, 11) is 1.61. The van der Waals surface area contributed by atoms with Crippen molar-refractivity contribution in [3.05, 3.63) is 51.4 Å². The summed E-state index contributed by atoms with van der Waals surface area (Å²) in [5, 5.41) is 0. The summed E-state index contributed by atoms with van der Waals surface area (Å²) >= 11 is 3.18. The van der Waals surface area contributed by atoms with Gasteiger partial charge in [-0.1, -0.05) is 0 Å². The highest BCUT2D eigenvalue weighted by molar-refractivity contribution is 9.10. The first kappa shape index (κ1) is 14.5. The lowest BCUT2D eigenvalue weighted by Gasteiger charge is -2.10. The Kier molecular flexibility index (Phi) is 4.68. The van der Waals surface area contributed by atoms with Crippen LogP contribution >= 0.6 is 15.9 Å². The number of benzene rings is 1. The standard InChI is InChI=1S/C14H15BrN2O3/c1-19-11-2-4-12(5-3-11)20-7-6-17-9-10(16)8-13(15)14(17)18/h2-5,8-9H,6-7,16H2,1H3. The van der Waals surface area contributed by atoms with Gasteiger partial charge < -0.3 is 19.8 Å². The summed E-state index contributed by atoms with van der Waals surface area (Å²) in [4.78, 5) is 11.8. The number of nitrogens with two attached hydrogens (primary N) is 1. The number of anilines is 1. The zero-order valence-electron chi connectivity index (χ0n) is 11.0. The smallest absolute Gasteiger partial charge is 0.265 e. The van der Waals surface area contributed by atoms with E-state index in [4.69, 9.17) is 15.2 Å². The van der Waals surface area contributed by atoms with Crippen molar-refractivity contribution in [1.29, 1.82) is 0 Å². The first-order valence-electron chi connectivity index (χ1n) is 6.02. The van der Waals surface area contributed by atoms with Crippen LogP contribution in [0.1, 0.15) is 0 Å². The third-order valence-corrected chi connectivity index (χ3v) is 3.29. The molecule has 0 saturated carbocycles. The molecule has 0 fully saturated rings. The van der Waals surface area contributed by atoms with Crippen LogP contribution in [0.4, 0.5) is 5.69 Å². The van der Waals surface area contributed by atoms with E-state index in [0.29, 0.717) is 23.3 Å². The molecule has 0 aliphatic carbocycles. The maximum absolute atomic E-state index is 11.8. The van der Waals surface area contributed by atoms with Crippen molar-refractivity contribution in [2.75, 3.05) is 19.5 Å². The first-order chi connectivity index (χ1) is 9.60. The fourth-order valence-electron chi connectivity index (χ4n) is 1.72. The Bertz CT molecular complexity index is 638. The molecule has 1 heterocycles. The van der Waals surface area contributed by atoms with E-state index >= 15 is 0 Å². The summed E-state index contributed by atoms with van der Waals surface area (Å²) < 4.78 is 12.6. The van der Waals surface area contributed by atoms with Crippen molar-refractivity contribution < 1.29 is 9.47 Å². The van der Waals surface area contributed by atoms with Crippen molar-refractivity contribution in [3.8, 4) is 11.5 Å². The molecule has 2 aromatic rings. The van der Waals surface area contributed by atoms with Crippen molar-refractivity contribution in [1.82, 2.24) is 4.57 Å². The topological polar surface area (TPSA) is 66.5 Å². The molecule has 20 heavy (non-hydrogen) atoms. The molecule has 1 aromatic carbocycles. The van der Waals surface area contributed by atoms with Crippen molar-refractivity contribution >= 4 is 21.6 Å². The summed E-state index contributed by atoms with van der Waals surface area (Å²) in [5.41, 5.74) is 6.10. The number of hydrogen-bond acceptors (Lipinski definition) is 4. The van der Waals surface area contributed by atoms with E-state index in [1.807, 2.05) is 24.3 Å². The third-order valence-electron chi connectivity index (χ3n) is 2.72. The van der Waals surface area contributed by atoms with Crippen LogP contribution in [0.15, 0.2) is 45.8 Å². The molecule has 0 radical (unpaired) electrons. The maximum Gasteiger partial charge on any atom is 0.265 e. The minimum Gasteiger partial charge on any atom is -0.497 e. The molecule has 0 saturated heterocycles. The number of pyridine rings is 1. The predicted molar refractivity (Wildman–Crippen MR) is 81.3 cm³/mol. The molecule has 0 aliphatic heterocycles. The number of halogens is 1. The molecule has 2 rings (SSSR count). The lowest BCUT2D eigenvalue weighted by Crippen LogP contribution is -2.23. The Balaban J connectivity index is 1.97. The van der Waals surface area contributed by atoms with Crippen LogP contribution in [0.3, 0.4) is 0 Å². The van der Waals surface area contributed by atoms with Gasteiger partial charge in [0, 0.05) is 11.9 Å². The van der Waals surface area contributed by atoms with Crippen LogP contribution in [0.5, 0.6) is 11.5 Å². The molecule has 0 atom stereocenters. The van der Waals surface area contributed by atoms with Gasteiger partial charge in [0.25, 0.3) is 5.56 Å². The molecular weight excluding hydrogens is 324 g/mol. The zero-order valence-corrected chi connectivity index (χ0v) is 12.6. The van der Waals surface area contributed by atoms with E-state index in [-0.39, 0.29) is 5.56 Å². The van der Waals surface area contributed by atoms with E-state index < -0.39 is 0 Å². The van der Waals surface area contributed by atoms with Crippen LogP contribution in [0.2, 0.25) is 0 Å². The molecule has 0 amide bonds. The SMILES string of the molecule is COc1ccc(OCCn2cc(N)cc(Br)c2=O)cc1. The highest BCUT2D eigenvalue weighted by Gasteiger charge is 2.03. The van der Waals surface area contributed by atoms with Crippen LogP contribution in [0, 0.1) is 0 Å². The van der Waals surface area contributed by atoms with Crippen molar-refractivity contribution in [3.63, 3.8) is 0 Å². The lowest BCUT2D eigenvalue weighted by atomic mass is 10.3. The molecule has 5 nitrogen and oxygen atoms in total. The number of nitrogen functional groups attached to an aromatic ring is 1. The van der Waals surface area contributed by atoms with E-state index in [1.165, 1.54) is 4.57 Å². The summed E-state index contributed by atoms with van der Waals surface area (Å²) in [6.45, 7) is 0.802. The van der Waals surface area contributed by atoms with E-state index in [2.05, 4.69) is 15.9 Å². The molecule has 0 bridgehead atoms. The maximum atomic E-state index is 11.8. The number of aromatic nitrogens is 1. The molecule has 1 aromatic heterocycles. The molecule has 6 heteroatoms. The molecular formula is C14H15BrN2O3. The number of hydrogen-bond donors (Lipinski definition) is 1. The Morgan fingerprint density at radius 2 is 1.90 bits per heavy atom. The first-order valence-corrected chi connectivity index (χ1v) is 6.82. The Hall–Kier alpha value is -1.95. The Morgan fingerprint density at radius 1 is 1.25 bits per heavy atom. The second-order valence-electron chi connectivity index (χ2n) is 4.14. The van der Waals surface area contributed by atoms with Crippen LogP contribution in [0.25, 0.3) is 0 Å². The number of nitrogens with zero attached hydrogens (tertiary/aromatic N) is 1. The summed E-state index contributed by atoms with van der Waals surface area (Å²) in [6, 6.07) is 8.86. The number of rotatable bonds is 5. The van der Waals surface area contributed by atoms with Gasteiger partial charge in [0.05, 0.1) is 18.1 Å². The van der Waals surface area contributed by atoms with E-state index in [1.54, 1.807) is 19.4 Å². The monoisotopic (exact) mass is 338 g/mol. The molecule has 0 aliphatic rings. The van der Waals surface area contributed by atoms with Crippen LogP contribution in [-0.2, 0) is 6.54 Å². The van der Waals surface area contributed by atoms with E-state index in [9.17, 15) is 4.79 Å². The second-order valence-corrected chi connectivity index (χ2v) is 5.00. The lowest BCUT2D eigenvalue weighted by molar-refractivity contribution is 0.295. The van der Waals surface area contributed by atoms with Crippen molar-refractivity contribution in [2.45, 2.75) is 6.54 Å². The van der Waals surface area contributed by atoms with Gasteiger partial charge >= 0.3 is 0 Å². The third kappa shape index (κ3) is 3.54. The molecule has 0 unspecified atom stereocenters. The fraction of sp³-hybridized carbons (Fsp3) is 0.214. The second kappa shape index (κ2) is 6.47. The van der Waals surface area contributed by atoms with Gasteiger partial charge in [-0.05, 0) is 46.3 Å². The van der Waals surface area contributed by atoms with E-state index in [0.717, 1.165) is 11.5 Å². The van der Waals surface area contributed by atoms with Crippen LogP contribution in [-0.4, -0.2) is 18.3 Å². The zero-order chi connectivity index (χ0) is 14.5. The van der Waals surface area contributed by atoms with Gasteiger partial charge in [-0.15, -0.1) is 0 Å². The van der Waals surface area contributed by atoms with Gasteiger partial charge in [-0.3, -0.25) is 4.79 Å². The number of ether oxygens (including phenoxy) is 2. The highest BCUT2D eigenvalue weighted by Crippen LogP contribution is 2.17. The molecule has 106 valence electrons. The van der Waals surface area contributed by atoms with Gasteiger partial charge in [-0.25, -0.2) is 0 Å². The number of methoxy groups -OCH3 is 1. The summed E-state index contributed by atoms with van der Waals surface area (Å²) in [5.74, 6) is 1.50. The average molecular weight is 339 g/mol. The van der Waals surface area contributed by atoms with Crippen LogP contribution < -0.4 is 20.8 Å². The summed E-state index contributed by atoms with van der Waals surface area (Å²) in [6.07, 6.45) is 1.60.